The first-order valence-corrected chi connectivity index (χ1v) is 11.7. The second-order valence-corrected chi connectivity index (χ2v) is 9.19. The van der Waals surface area contributed by atoms with Crippen molar-refractivity contribution in [1.82, 2.24) is 20.2 Å². The van der Waals surface area contributed by atoms with Crippen molar-refractivity contribution in [3.05, 3.63) is 63.5 Å². The molecule has 2 N–H and O–H groups in total. The highest BCUT2D eigenvalue weighted by Crippen LogP contribution is 2.40. The van der Waals surface area contributed by atoms with Crippen molar-refractivity contribution in [2.24, 2.45) is 5.92 Å². The van der Waals surface area contributed by atoms with Gasteiger partial charge in [0.2, 0.25) is 5.43 Å². The van der Waals surface area contributed by atoms with E-state index in [9.17, 15) is 35.9 Å². The lowest BCUT2D eigenvalue weighted by atomic mass is 10.1. The molecule has 2 aromatic heterocycles. The SMILES string of the molecule is O=C(NC(C1CC1)C(F)(F)F)c1cn(-c2c(F)cc(F)cc2F)c2nc(N3CCNCC3)c(F)cc2c1=O. The van der Waals surface area contributed by atoms with Gasteiger partial charge in [0.1, 0.15) is 23.1 Å². The lowest BCUT2D eigenvalue weighted by Crippen LogP contribution is -2.48. The van der Waals surface area contributed by atoms with Crippen LogP contribution < -0.4 is 21.0 Å². The monoisotopic (exact) mass is 543 g/mol. The molecule has 3 heterocycles. The van der Waals surface area contributed by atoms with E-state index in [2.05, 4.69) is 10.3 Å². The van der Waals surface area contributed by atoms with E-state index < -0.39 is 75.0 Å². The summed E-state index contributed by atoms with van der Waals surface area (Å²) in [5.74, 6) is -7.71. The van der Waals surface area contributed by atoms with E-state index in [1.807, 2.05) is 0 Å². The molecule has 1 saturated carbocycles. The number of amides is 1. The molecule has 202 valence electrons. The van der Waals surface area contributed by atoms with Crippen molar-refractivity contribution >= 4 is 22.8 Å². The quantitative estimate of drug-likeness (QED) is 0.483. The van der Waals surface area contributed by atoms with E-state index in [1.54, 1.807) is 5.32 Å². The highest BCUT2D eigenvalue weighted by molar-refractivity contribution is 5.97. The molecule has 0 radical (unpaired) electrons. The molecule has 3 aromatic rings. The molecule has 1 aromatic carbocycles. The van der Waals surface area contributed by atoms with E-state index in [0.717, 1.165) is 6.07 Å². The fourth-order valence-electron chi connectivity index (χ4n) is 4.53. The number of hydrogen-bond donors (Lipinski definition) is 2. The van der Waals surface area contributed by atoms with Crippen LogP contribution in [0.2, 0.25) is 0 Å². The number of nitrogens with zero attached hydrogens (tertiary/aromatic N) is 3. The number of halogens is 7. The van der Waals surface area contributed by atoms with E-state index in [4.69, 9.17) is 0 Å². The molecule has 1 unspecified atom stereocenters. The van der Waals surface area contributed by atoms with Crippen LogP contribution in [0.15, 0.2) is 29.2 Å². The van der Waals surface area contributed by atoms with E-state index in [1.165, 1.54) is 4.90 Å². The Kier molecular flexibility index (Phi) is 6.53. The third kappa shape index (κ3) is 4.79. The Morgan fingerprint density at radius 2 is 1.66 bits per heavy atom. The molecule has 0 bridgehead atoms. The van der Waals surface area contributed by atoms with Crippen LogP contribution in [-0.2, 0) is 0 Å². The first-order valence-electron chi connectivity index (χ1n) is 11.7. The summed E-state index contributed by atoms with van der Waals surface area (Å²) in [6.07, 6.45) is -3.76. The van der Waals surface area contributed by atoms with Gasteiger partial charge in [0.05, 0.1) is 5.39 Å². The molecule has 1 saturated heterocycles. The van der Waals surface area contributed by atoms with Gasteiger partial charge in [-0.3, -0.25) is 14.2 Å². The fourth-order valence-corrected chi connectivity index (χ4v) is 4.53. The van der Waals surface area contributed by atoms with E-state index >= 15 is 4.39 Å². The number of carbonyl (C=O) groups excluding carboxylic acids is 1. The molecule has 1 atom stereocenters. The standard InChI is InChI=1S/C24H20F7N5O2/c25-12-7-15(26)18(16(27)8-12)36-10-14(23(38)33-20(11-1-2-11)24(29,30)31)19(37)13-9-17(28)22(34-21(13)36)35-5-3-32-4-6-35/h7-11,20,32H,1-6H2,(H,33,38). The zero-order valence-corrected chi connectivity index (χ0v) is 19.5. The Bertz CT molecular complexity index is 1460. The largest absolute Gasteiger partial charge is 0.408 e. The first kappa shape index (κ1) is 25.9. The van der Waals surface area contributed by atoms with Crippen molar-refractivity contribution in [3.63, 3.8) is 0 Å². The number of hydrogen-bond acceptors (Lipinski definition) is 5. The molecule has 2 aliphatic rings. The van der Waals surface area contributed by atoms with Gasteiger partial charge in [-0.2, -0.15) is 13.2 Å². The highest BCUT2D eigenvalue weighted by atomic mass is 19.4. The predicted molar refractivity (Wildman–Crippen MR) is 122 cm³/mol. The normalized spacial score (nSPS) is 17.1. The second-order valence-electron chi connectivity index (χ2n) is 9.19. The fraction of sp³-hybridized carbons (Fsp3) is 0.375. The molecular formula is C24H20F7N5O2. The van der Waals surface area contributed by atoms with Gasteiger partial charge in [-0.15, -0.1) is 0 Å². The number of carbonyl (C=O) groups is 1. The third-order valence-electron chi connectivity index (χ3n) is 6.53. The number of aromatic nitrogens is 2. The number of pyridine rings is 2. The Balaban J connectivity index is 1.72. The smallest absolute Gasteiger partial charge is 0.352 e. The predicted octanol–water partition coefficient (Wildman–Crippen LogP) is 3.42. The molecule has 1 aliphatic heterocycles. The van der Waals surface area contributed by atoms with Crippen LogP contribution >= 0.6 is 0 Å². The minimum absolute atomic E-state index is 0.211. The Morgan fingerprint density at radius 3 is 2.24 bits per heavy atom. The summed E-state index contributed by atoms with van der Waals surface area (Å²) in [4.78, 5) is 31.8. The summed E-state index contributed by atoms with van der Waals surface area (Å²) in [5.41, 5.74) is -3.54. The van der Waals surface area contributed by atoms with Gasteiger partial charge in [-0.05, 0) is 24.8 Å². The molecule has 7 nitrogen and oxygen atoms in total. The number of anilines is 1. The molecule has 38 heavy (non-hydrogen) atoms. The Hall–Kier alpha value is -3.68. The molecule has 14 heteroatoms. The maximum absolute atomic E-state index is 15.1. The number of piperazine rings is 1. The molecule has 5 rings (SSSR count). The molecular weight excluding hydrogens is 523 g/mol. The zero-order chi connectivity index (χ0) is 27.4. The Labute approximate surface area is 210 Å². The van der Waals surface area contributed by atoms with Crippen molar-refractivity contribution in [2.45, 2.75) is 25.1 Å². The van der Waals surface area contributed by atoms with Crippen molar-refractivity contribution in [1.29, 1.82) is 0 Å². The van der Waals surface area contributed by atoms with Crippen molar-refractivity contribution in [2.75, 3.05) is 31.1 Å². The summed E-state index contributed by atoms with van der Waals surface area (Å²) < 4.78 is 99.5. The topological polar surface area (TPSA) is 79.3 Å². The molecule has 0 spiro atoms. The van der Waals surface area contributed by atoms with Gasteiger partial charge in [-0.25, -0.2) is 22.5 Å². The van der Waals surface area contributed by atoms with Gasteiger partial charge in [0, 0.05) is 44.5 Å². The number of benzene rings is 1. The maximum Gasteiger partial charge on any atom is 0.408 e. The van der Waals surface area contributed by atoms with Crippen molar-refractivity contribution < 1.29 is 35.5 Å². The first-order chi connectivity index (χ1) is 18.0. The lowest BCUT2D eigenvalue weighted by Gasteiger charge is -2.29. The van der Waals surface area contributed by atoms with Gasteiger partial charge in [-0.1, -0.05) is 0 Å². The minimum atomic E-state index is -4.81. The van der Waals surface area contributed by atoms with Gasteiger partial charge in [0.15, 0.2) is 28.9 Å². The number of alkyl halides is 3. The summed E-state index contributed by atoms with van der Waals surface area (Å²) in [6.45, 7) is 1.60. The molecule has 1 aliphatic carbocycles. The van der Waals surface area contributed by atoms with Crippen LogP contribution in [0.3, 0.4) is 0 Å². The van der Waals surface area contributed by atoms with Crippen LogP contribution in [0, 0.1) is 29.2 Å². The van der Waals surface area contributed by atoms with E-state index in [0.29, 0.717) is 49.1 Å². The van der Waals surface area contributed by atoms with Crippen LogP contribution in [0.5, 0.6) is 0 Å². The van der Waals surface area contributed by atoms with Crippen LogP contribution in [0.25, 0.3) is 16.7 Å². The second kappa shape index (κ2) is 9.57. The minimum Gasteiger partial charge on any atom is -0.352 e. The number of nitrogens with one attached hydrogen (secondary N) is 2. The highest BCUT2D eigenvalue weighted by Gasteiger charge is 2.50. The molecule has 2 fully saturated rings. The average molecular weight is 543 g/mol. The van der Waals surface area contributed by atoms with Crippen LogP contribution in [-0.4, -0.2) is 53.9 Å². The van der Waals surface area contributed by atoms with Crippen LogP contribution in [0.4, 0.5) is 36.6 Å². The maximum atomic E-state index is 15.1. The number of fused-ring (bicyclic) bond motifs is 1. The summed E-state index contributed by atoms with van der Waals surface area (Å²) >= 11 is 0. The summed E-state index contributed by atoms with van der Waals surface area (Å²) in [7, 11) is 0. The van der Waals surface area contributed by atoms with Gasteiger partial charge in [0.25, 0.3) is 5.91 Å². The van der Waals surface area contributed by atoms with Crippen LogP contribution in [0.1, 0.15) is 23.2 Å². The van der Waals surface area contributed by atoms with E-state index in [-0.39, 0.29) is 18.7 Å². The molecule has 1 amide bonds. The average Bonchev–Trinajstić information content (AvgIpc) is 3.68. The number of rotatable bonds is 5. The van der Waals surface area contributed by atoms with Gasteiger partial charge < -0.3 is 15.5 Å². The third-order valence-corrected chi connectivity index (χ3v) is 6.53. The zero-order valence-electron chi connectivity index (χ0n) is 19.5. The lowest BCUT2D eigenvalue weighted by molar-refractivity contribution is -0.158. The summed E-state index contributed by atoms with van der Waals surface area (Å²) in [5, 5.41) is 4.24. The van der Waals surface area contributed by atoms with Crippen molar-refractivity contribution in [3.8, 4) is 5.69 Å². The van der Waals surface area contributed by atoms with Gasteiger partial charge >= 0.3 is 6.18 Å². The summed E-state index contributed by atoms with van der Waals surface area (Å²) in [6, 6.07) is -0.843. The Morgan fingerprint density at radius 1 is 1.03 bits per heavy atom.